The van der Waals surface area contributed by atoms with Crippen LogP contribution in [0.2, 0.25) is 15.2 Å². The smallest absolute Gasteiger partial charge is 0.188 e. The first-order chi connectivity index (χ1) is 7.15. The molecule has 1 heterocycles. The lowest BCUT2D eigenvalue weighted by Crippen LogP contribution is -1.89. The van der Waals surface area contributed by atoms with Crippen LogP contribution >= 0.6 is 46.1 Å². The van der Waals surface area contributed by atoms with E-state index in [9.17, 15) is 0 Å². The highest BCUT2D eigenvalue weighted by atomic mass is 35.5. The fraction of sp³-hybridized carbons (Fsp3) is 0. The van der Waals surface area contributed by atoms with Gasteiger partial charge in [0.25, 0.3) is 0 Å². The number of nitrogens with zero attached hydrogens (tertiary/aromatic N) is 1. The van der Waals surface area contributed by atoms with Crippen molar-refractivity contribution in [1.29, 1.82) is 0 Å². The first-order valence-corrected chi connectivity index (χ1v) is 5.99. The normalized spacial score (nSPS) is 10.3. The van der Waals surface area contributed by atoms with Crippen LogP contribution in [0.15, 0.2) is 23.6 Å². The Balaban J connectivity index is 2.24. The van der Waals surface area contributed by atoms with Gasteiger partial charge in [-0.25, -0.2) is 4.98 Å². The molecule has 1 N–H and O–H groups in total. The molecule has 0 aliphatic carbocycles. The van der Waals surface area contributed by atoms with Crippen LogP contribution in [0.25, 0.3) is 0 Å². The fourth-order valence-electron chi connectivity index (χ4n) is 1.02. The van der Waals surface area contributed by atoms with Crippen molar-refractivity contribution in [1.82, 2.24) is 4.98 Å². The van der Waals surface area contributed by atoms with E-state index in [4.69, 9.17) is 34.8 Å². The molecular weight excluding hydrogens is 275 g/mol. The average Bonchev–Trinajstić information content (AvgIpc) is 2.56. The second-order valence-corrected chi connectivity index (χ2v) is 4.81. The summed E-state index contributed by atoms with van der Waals surface area (Å²) in [5.41, 5.74) is 0.757. The molecule has 15 heavy (non-hydrogen) atoms. The van der Waals surface area contributed by atoms with Gasteiger partial charge in [-0.2, -0.15) is 0 Å². The minimum atomic E-state index is 0.465. The van der Waals surface area contributed by atoms with Crippen molar-refractivity contribution >= 4 is 57.0 Å². The van der Waals surface area contributed by atoms with Crippen molar-refractivity contribution in [3.05, 3.63) is 38.8 Å². The van der Waals surface area contributed by atoms with Crippen LogP contribution in [-0.2, 0) is 0 Å². The van der Waals surface area contributed by atoms with E-state index in [2.05, 4.69) is 10.3 Å². The Morgan fingerprint density at radius 1 is 1.20 bits per heavy atom. The molecule has 2 aromatic rings. The highest BCUT2D eigenvalue weighted by molar-refractivity contribution is 7.14. The van der Waals surface area contributed by atoms with Crippen molar-refractivity contribution in [2.75, 3.05) is 5.32 Å². The summed E-state index contributed by atoms with van der Waals surface area (Å²) in [7, 11) is 0. The number of benzene rings is 1. The number of halogens is 3. The van der Waals surface area contributed by atoms with Gasteiger partial charge in [0, 0.05) is 10.4 Å². The van der Waals surface area contributed by atoms with Crippen LogP contribution in [0.5, 0.6) is 0 Å². The Morgan fingerprint density at radius 3 is 2.60 bits per heavy atom. The molecule has 0 aliphatic heterocycles. The van der Waals surface area contributed by atoms with E-state index in [0.717, 1.165) is 5.69 Å². The third-order valence-electron chi connectivity index (χ3n) is 1.65. The minimum absolute atomic E-state index is 0.465. The van der Waals surface area contributed by atoms with Crippen molar-refractivity contribution in [3.63, 3.8) is 0 Å². The summed E-state index contributed by atoms with van der Waals surface area (Å²) in [6, 6.07) is 5.21. The van der Waals surface area contributed by atoms with Crippen LogP contribution < -0.4 is 5.32 Å². The second-order valence-electron chi connectivity index (χ2n) is 2.72. The molecule has 0 saturated carbocycles. The zero-order valence-electron chi connectivity index (χ0n) is 7.30. The molecule has 0 radical (unpaired) electrons. The number of hydrogen-bond acceptors (Lipinski definition) is 3. The SMILES string of the molecule is Clc1ccc(Nc2nc(Cl)cs2)c(Cl)c1. The third kappa shape index (κ3) is 2.75. The molecular formula is C9H5Cl3N2S. The van der Waals surface area contributed by atoms with E-state index < -0.39 is 0 Å². The first-order valence-electron chi connectivity index (χ1n) is 3.98. The van der Waals surface area contributed by atoms with Gasteiger partial charge in [-0.1, -0.05) is 34.8 Å². The first kappa shape index (κ1) is 11.0. The van der Waals surface area contributed by atoms with Crippen molar-refractivity contribution < 1.29 is 0 Å². The molecule has 78 valence electrons. The van der Waals surface area contributed by atoms with Gasteiger partial charge < -0.3 is 5.32 Å². The topological polar surface area (TPSA) is 24.9 Å². The summed E-state index contributed by atoms with van der Waals surface area (Å²) in [6.07, 6.45) is 0. The number of rotatable bonds is 2. The molecule has 0 unspecified atom stereocenters. The number of anilines is 2. The Kier molecular flexibility index (Phi) is 3.36. The summed E-state index contributed by atoms with van der Waals surface area (Å²) in [4.78, 5) is 4.05. The lowest BCUT2D eigenvalue weighted by Gasteiger charge is -2.04. The summed E-state index contributed by atoms with van der Waals surface area (Å²) in [6.45, 7) is 0. The van der Waals surface area contributed by atoms with Crippen molar-refractivity contribution in [2.24, 2.45) is 0 Å². The molecule has 0 amide bonds. The van der Waals surface area contributed by atoms with Gasteiger partial charge in [-0.05, 0) is 18.2 Å². The van der Waals surface area contributed by atoms with E-state index in [1.165, 1.54) is 11.3 Å². The van der Waals surface area contributed by atoms with E-state index in [1.807, 2.05) is 0 Å². The van der Waals surface area contributed by atoms with Crippen LogP contribution in [0.1, 0.15) is 0 Å². The largest absolute Gasteiger partial charge is 0.330 e. The van der Waals surface area contributed by atoms with Gasteiger partial charge in [0.05, 0.1) is 10.7 Å². The Hall–Kier alpha value is -0.480. The second kappa shape index (κ2) is 4.58. The van der Waals surface area contributed by atoms with Gasteiger partial charge in [-0.3, -0.25) is 0 Å². The van der Waals surface area contributed by atoms with Crippen molar-refractivity contribution in [3.8, 4) is 0 Å². The Labute approximate surface area is 106 Å². The molecule has 0 saturated heterocycles. The van der Waals surface area contributed by atoms with Crippen LogP contribution in [-0.4, -0.2) is 4.98 Å². The summed E-state index contributed by atoms with van der Waals surface area (Å²) >= 11 is 18.9. The van der Waals surface area contributed by atoms with Crippen LogP contribution in [0.4, 0.5) is 10.8 Å². The van der Waals surface area contributed by atoms with Gasteiger partial charge in [0.15, 0.2) is 5.13 Å². The van der Waals surface area contributed by atoms with Gasteiger partial charge >= 0.3 is 0 Å². The molecule has 1 aromatic heterocycles. The van der Waals surface area contributed by atoms with E-state index in [-0.39, 0.29) is 0 Å². The summed E-state index contributed by atoms with van der Waals surface area (Å²) in [5, 5.41) is 7.11. The zero-order chi connectivity index (χ0) is 10.8. The highest BCUT2D eigenvalue weighted by Crippen LogP contribution is 2.30. The molecule has 2 nitrogen and oxygen atoms in total. The number of thiazole rings is 1. The summed E-state index contributed by atoms with van der Waals surface area (Å²) in [5.74, 6) is 0. The predicted octanol–water partition coefficient (Wildman–Crippen LogP) is 4.85. The minimum Gasteiger partial charge on any atom is -0.330 e. The lowest BCUT2D eigenvalue weighted by atomic mass is 10.3. The zero-order valence-corrected chi connectivity index (χ0v) is 10.4. The molecule has 0 fully saturated rings. The average molecular weight is 280 g/mol. The molecule has 2 rings (SSSR count). The highest BCUT2D eigenvalue weighted by Gasteiger charge is 2.04. The number of hydrogen-bond donors (Lipinski definition) is 1. The predicted molar refractivity (Wildman–Crippen MR) is 66.9 cm³/mol. The maximum atomic E-state index is 5.98. The van der Waals surface area contributed by atoms with Crippen LogP contribution in [0.3, 0.4) is 0 Å². The molecule has 0 bridgehead atoms. The summed E-state index contributed by atoms with van der Waals surface area (Å²) < 4.78 is 0. The lowest BCUT2D eigenvalue weighted by molar-refractivity contribution is 1.39. The monoisotopic (exact) mass is 278 g/mol. The van der Waals surface area contributed by atoms with Crippen LogP contribution in [0, 0.1) is 0 Å². The molecule has 0 aliphatic rings. The van der Waals surface area contributed by atoms with E-state index in [0.29, 0.717) is 20.3 Å². The quantitative estimate of drug-likeness (QED) is 0.850. The molecule has 0 spiro atoms. The Bertz CT molecular complexity index is 484. The maximum Gasteiger partial charge on any atom is 0.188 e. The number of aromatic nitrogens is 1. The van der Waals surface area contributed by atoms with Gasteiger partial charge in [0.1, 0.15) is 5.15 Å². The number of nitrogens with one attached hydrogen (secondary N) is 1. The molecule has 1 aromatic carbocycles. The molecule has 0 atom stereocenters. The maximum absolute atomic E-state index is 5.98. The molecule has 6 heteroatoms. The standard InChI is InChI=1S/C9H5Cl3N2S/c10-5-1-2-7(6(11)3-5)13-9-14-8(12)4-15-9/h1-4H,(H,13,14). The van der Waals surface area contributed by atoms with E-state index >= 15 is 0 Å². The van der Waals surface area contributed by atoms with Crippen molar-refractivity contribution in [2.45, 2.75) is 0 Å². The third-order valence-corrected chi connectivity index (χ3v) is 3.28. The fourth-order valence-corrected chi connectivity index (χ4v) is 2.32. The Morgan fingerprint density at radius 2 is 2.00 bits per heavy atom. The van der Waals surface area contributed by atoms with Gasteiger partial charge in [-0.15, -0.1) is 11.3 Å². The van der Waals surface area contributed by atoms with Gasteiger partial charge in [0.2, 0.25) is 0 Å². The van der Waals surface area contributed by atoms with E-state index in [1.54, 1.807) is 23.6 Å².